The van der Waals surface area contributed by atoms with Crippen molar-refractivity contribution in [1.82, 2.24) is 20.3 Å². The van der Waals surface area contributed by atoms with E-state index in [-0.39, 0.29) is 0 Å². The van der Waals surface area contributed by atoms with E-state index in [1.54, 1.807) is 0 Å². The fourth-order valence-corrected chi connectivity index (χ4v) is 5.19. The van der Waals surface area contributed by atoms with Gasteiger partial charge in [-0.15, -0.1) is 0 Å². The number of benzene rings is 4. The van der Waals surface area contributed by atoms with Crippen LogP contribution in [0.3, 0.4) is 0 Å². The number of fused-ring (bicyclic) bond motifs is 1. The Morgan fingerprint density at radius 2 is 1.25 bits per heavy atom. The fraction of sp³-hybridized carbons (Fsp3) is 0.0278. The molecule has 0 saturated heterocycles. The molecular formula is C36H26N4. The summed E-state index contributed by atoms with van der Waals surface area (Å²) in [5.41, 5.74) is 10.7. The van der Waals surface area contributed by atoms with Crippen LogP contribution in [-0.2, 0) is 0 Å². The number of hydrogen-bond donors (Lipinski definition) is 1. The van der Waals surface area contributed by atoms with E-state index in [0.29, 0.717) is 5.82 Å². The molecule has 40 heavy (non-hydrogen) atoms. The highest BCUT2D eigenvalue weighted by Gasteiger charge is 2.15. The van der Waals surface area contributed by atoms with Gasteiger partial charge in [-0.1, -0.05) is 72.8 Å². The summed E-state index contributed by atoms with van der Waals surface area (Å²) < 4.78 is 0. The Morgan fingerprint density at radius 1 is 0.550 bits per heavy atom. The molecule has 4 aromatic carbocycles. The first-order chi connectivity index (χ1) is 19.8. The van der Waals surface area contributed by atoms with Crippen molar-refractivity contribution in [2.75, 3.05) is 6.54 Å². The van der Waals surface area contributed by atoms with E-state index in [9.17, 15) is 0 Å². The zero-order valence-electron chi connectivity index (χ0n) is 21.8. The number of pyridine rings is 1. The van der Waals surface area contributed by atoms with E-state index in [2.05, 4.69) is 107 Å². The highest BCUT2D eigenvalue weighted by atomic mass is 14.9. The highest BCUT2D eigenvalue weighted by molar-refractivity contribution is 5.96. The summed E-state index contributed by atoms with van der Waals surface area (Å²) >= 11 is 0. The Balaban J connectivity index is 1.47. The number of aromatic nitrogens is 3. The van der Waals surface area contributed by atoms with Crippen molar-refractivity contribution in [3.05, 3.63) is 146 Å². The molecule has 2 aromatic heterocycles. The van der Waals surface area contributed by atoms with E-state index in [4.69, 9.17) is 9.97 Å². The standard InChI is InChI=1S/C36H26N4/c1-3-7-25(8-4-1)29-11-12-33-34(24-29)39-36(40-35(33)28-9-5-2-6-10-28)32-22-30(26-13-17-37-18-14-26)21-31(23-32)27-15-19-38-20-16-27/h1-19,21-24,38H,20H2. The Bertz CT molecular complexity index is 1880. The molecule has 0 amide bonds. The highest BCUT2D eigenvalue weighted by Crippen LogP contribution is 2.35. The topological polar surface area (TPSA) is 50.7 Å². The zero-order chi connectivity index (χ0) is 26.7. The summed E-state index contributed by atoms with van der Waals surface area (Å²) in [7, 11) is 0. The maximum atomic E-state index is 5.19. The second-order valence-electron chi connectivity index (χ2n) is 9.80. The first-order valence-corrected chi connectivity index (χ1v) is 13.4. The van der Waals surface area contributed by atoms with E-state index >= 15 is 0 Å². The molecule has 1 N–H and O–H groups in total. The second kappa shape index (κ2) is 10.4. The monoisotopic (exact) mass is 514 g/mol. The lowest BCUT2D eigenvalue weighted by atomic mass is 9.95. The minimum Gasteiger partial charge on any atom is -0.387 e. The van der Waals surface area contributed by atoms with Gasteiger partial charge in [-0.25, -0.2) is 9.97 Å². The third-order valence-corrected chi connectivity index (χ3v) is 7.21. The number of hydrogen-bond acceptors (Lipinski definition) is 4. The molecule has 0 saturated carbocycles. The predicted octanol–water partition coefficient (Wildman–Crippen LogP) is 8.19. The van der Waals surface area contributed by atoms with Crippen molar-refractivity contribution in [3.63, 3.8) is 0 Å². The maximum absolute atomic E-state index is 5.19. The molecule has 3 heterocycles. The van der Waals surface area contributed by atoms with Gasteiger partial charge in [0.15, 0.2) is 5.82 Å². The lowest BCUT2D eigenvalue weighted by Gasteiger charge is -2.15. The van der Waals surface area contributed by atoms with Crippen molar-refractivity contribution in [1.29, 1.82) is 0 Å². The summed E-state index contributed by atoms with van der Waals surface area (Å²) in [5, 5.41) is 4.28. The van der Waals surface area contributed by atoms with Crippen LogP contribution in [0.2, 0.25) is 0 Å². The van der Waals surface area contributed by atoms with Gasteiger partial charge < -0.3 is 5.32 Å². The first-order valence-electron chi connectivity index (χ1n) is 13.4. The molecule has 0 spiro atoms. The zero-order valence-corrected chi connectivity index (χ0v) is 21.8. The molecule has 1 aliphatic heterocycles. The third-order valence-electron chi connectivity index (χ3n) is 7.21. The van der Waals surface area contributed by atoms with Crippen molar-refractivity contribution in [2.24, 2.45) is 0 Å². The molecule has 4 heteroatoms. The number of dihydropyridines is 1. The molecule has 0 radical (unpaired) electrons. The molecule has 7 rings (SSSR count). The van der Waals surface area contributed by atoms with E-state index in [1.807, 2.05) is 42.9 Å². The van der Waals surface area contributed by atoms with Crippen LogP contribution in [0.15, 0.2) is 140 Å². The van der Waals surface area contributed by atoms with Gasteiger partial charge in [-0.05, 0) is 88.1 Å². The average molecular weight is 515 g/mol. The predicted molar refractivity (Wildman–Crippen MR) is 164 cm³/mol. The van der Waals surface area contributed by atoms with Crippen LogP contribution in [0.25, 0.3) is 61.4 Å². The van der Waals surface area contributed by atoms with E-state index in [0.717, 1.165) is 62.1 Å². The van der Waals surface area contributed by atoms with Crippen LogP contribution in [-0.4, -0.2) is 21.5 Å². The average Bonchev–Trinajstić information content (AvgIpc) is 3.05. The van der Waals surface area contributed by atoms with Gasteiger partial charge in [0.1, 0.15) is 0 Å². The lowest BCUT2D eigenvalue weighted by Crippen LogP contribution is -2.08. The van der Waals surface area contributed by atoms with Crippen LogP contribution in [0.4, 0.5) is 0 Å². The van der Waals surface area contributed by atoms with Crippen molar-refractivity contribution < 1.29 is 0 Å². The van der Waals surface area contributed by atoms with Crippen LogP contribution >= 0.6 is 0 Å². The van der Waals surface area contributed by atoms with Crippen LogP contribution < -0.4 is 5.32 Å². The summed E-state index contributed by atoms with van der Waals surface area (Å²) in [4.78, 5) is 14.6. The van der Waals surface area contributed by atoms with Crippen LogP contribution in [0, 0.1) is 0 Å². The van der Waals surface area contributed by atoms with Crippen LogP contribution in [0.1, 0.15) is 5.56 Å². The summed E-state index contributed by atoms with van der Waals surface area (Å²) in [6.07, 6.45) is 9.98. The van der Waals surface area contributed by atoms with Gasteiger partial charge in [0.05, 0.1) is 11.2 Å². The quantitative estimate of drug-likeness (QED) is 0.252. The fourth-order valence-electron chi connectivity index (χ4n) is 5.19. The molecule has 190 valence electrons. The number of allylic oxidation sites excluding steroid dienone is 2. The Labute approximate surface area is 233 Å². The van der Waals surface area contributed by atoms with Gasteiger partial charge in [0.2, 0.25) is 0 Å². The van der Waals surface area contributed by atoms with Crippen LogP contribution in [0.5, 0.6) is 0 Å². The van der Waals surface area contributed by atoms with Crippen molar-refractivity contribution in [2.45, 2.75) is 0 Å². The van der Waals surface area contributed by atoms with Crippen molar-refractivity contribution >= 4 is 16.5 Å². The Hall–Kier alpha value is -5.35. The molecule has 0 bridgehead atoms. The van der Waals surface area contributed by atoms with Gasteiger partial charge in [-0.2, -0.15) is 0 Å². The maximum Gasteiger partial charge on any atom is 0.160 e. The smallest absolute Gasteiger partial charge is 0.160 e. The number of rotatable bonds is 5. The van der Waals surface area contributed by atoms with Gasteiger partial charge in [0, 0.05) is 35.5 Å². The number of nitrogens with one attached hydrogen (secondary N) is 1. The SMILES string of the molecule is C1=CC(c2cc(-c3ccncc3)cc(-c3nc(-c4ccccc4)c4ccc(-c5ccccc5)cc4n3)c2)=CCN1. The first kappa shape index (κ1) is 23.7. The van der Waals surface area contributed by atoms with Crippen molar-refractivity contribution in [3.8, 4) is 44.9 Å². The normalized spacial score (nSPS) is 12.7. The second-order valence-corrected chi connectivity index (χ2v) is 9.80. The summed E-state index contributed by atoms with van der Waals surface area (Å²) in [6.45, 7) is 0.799. The number of nitrogens with zero attached hydrogens (tertiary/aromatic N) is 3. The van der Waals surface area contributed by atoms with Gasteiger partial charge in [0.25, 0.3) is 0 Å². The van der Waals surface area contributed by atoms with E-state index < -0.39 is 0 Å². The lowest BCUT2D eigenvalue weighted by molar-refractivity contribution is 0.976. The molecule has 0 aliphatic carbocycles. The largest absolute Gasteiger partial charge is 0.387 e. The minimum atomic E-state index is 0.701. The third kappa shape index (κ3) is 4.67. The molecule has 0 unspecified atom stereocenters. The summed E-state index contributed by atoms with van der Waals surface area (Å²) in [5.74, 6) is 0.701. The molecule has 6 aromatic rings. The Morgan fingerprint density at radius 3 is 2.00 bits per heavy atom. The van der Waals surface area contributed by atoms with Gasteiger partial charge in [-0.3, -0.25) is 4.98 Å². The molecular weight excluding hydrogens is 488 g/mol. The summed E-state index contributed by atoms with van der Waals surface area (Å²) in [6, 6.07) is 38.0. The minimum absolute atomic E-state index is 0.701. The molecule has 1 aliphatic rings. The molecule has 0 fully saturated rings. The van der Waals surface area contributed by atoms with Gasteiger partial charge >= 0.3 is 0 Å². The molecule has 0 atom stereocenters. The van der Waals surface area contributed by atoms with E-state index in [1.165, 1.54) is 5.57 Å². The molecule has 4 nitrogen and oxygen atoms in total. The Kier molecular flexibility index (Phi) is 6.19.